The van der Waals surface area contributed by atoms with E-state index >= 15 is 0 Å². The van der Waals surface area contributed by atoms with Crippen LogP contribution in [-0.4, -0.2) is 13.1 Å². The zero-order valence-electron chi connectivity index (χ0n) is 10.3. The topological polar surface area (TPSA) is 38.3 Å². The first kappa shape index (κ1) is 12.6. The van der Waals surface area contributed by atoms with Gasteiger partial charge in [-0.2, -0.15) is 0 Å². The molecular weight excluding hydrogens is 202 g/mol. The van der Waals surface area contributed by atoms with E-state index in [1.54, 1.807) is 7.05 Å². The first-order valence-electron chi connectivity index (χ1n) is 5.50. The van der Waals surface area contributed by atoms with E-state index in [0.29, 0.717) is 5.75 Å². The third-order valence-electron chi connectivity index (χ3n) is 2.91. The highest BCUT2D eigenvalue weighted by atomic mass is 16.6. The predicted octanol–water partition coefficient (Wildman–Crippen LogP) is 3.09. The average molecular weight is 221 g/mol. The maximum Gasteiger partial charge on any atom is 0.412 e. The summed E-state index contributed by atoms with van der Waals surface area (Å²) in [6.45, 7) is 6.40. The van der Waals surface area contributed by atoms with Gasteiger partial charge in [-0.15, -0.1) is 0 Å². The van der Waals surface area contributed by atoms with Crippen LogP contribution in [0.15, 0.2) is 24.3 Å². The van der Waals surface area contributed by atoms with Gasteiger partial charge < -0.3 is 10.1 Å². The fourth-order valence-electron chi connectivity index (χ4n) is 1.46. The van der Waals surface area contributed by atoms with Crippen LogP contribution in [0, 0.1) is 0 Å². The highest BCUT2D eigenvalue weighted by molar-refractivity contribution is 5.70. The van der Waals surface area contributed by atoms with Gasteiger partial charge in [0.05, 0.1) is 0 Å². The van der Waals surface area contributed by atoms with E-state index in [-0.39, 0.29) is 5.41 Å². The second-order valence-electron chi connectivity index (χ2n) is 4.37. The SMILES string of the molecule is CCC(C)(C)c1ccccc1OC(=O)NC. The van der Waals surface area contributed by atoms with Crippen LogP contribution in [0.4, 0.5) is 4.79 Å². The van der Waals surface area contributed by atoms with Gasteiger partial charge in [0, 0.05) is 12.6 Å². The summed E-state index contributed by atoms with van der Waals surface area (Å²) >= 11 is 0. The number of ether oxygens (including phenoxy) is 1. The summed E-state index contributed by atoms with van der Waals surface area (Å²) in [5.41, 5.74) is 1.06. The van der Waals surface area contributed by atoms with Crippen LogP contribution in [0.5, 0.6) is 5.75 Å². The summed E-state index contributed by atoms with van der Waals surface area (Å²) in [5.74, 6) is 0.633. The van der Waals surface area contributed by atoms with E-state index in [9.17, 15) is 4.79 Å². The van der Waals surface area contributed by atoms with Crippen molar-refractivity contribution in [2.24, 2.45) is 0 Å². The smallest absolute Gasteiger partial charge is 0.410 e. The van der Waals surface area contributed by atoms with Crippen LogP contribution >= 0.6 is 0 Å². The van der Waals surface area contributed by atoms with Crippen LogP contribution in [0.2, 0.25) is 0 Å². The van der Waals surface area contributed by atoms with E-state index in [1.807, 2.05) is 24.3 Å². The van der Waals surface area contributed by atoms with Gasteiger partial charge in [-0.25, -0.2) is 4.79 Å². The molecule has 0 bridgehead atoms. The lowest BCUT2D eigenvalue weighted by molar-refractivity contribution is 0.202. The average Bonchev–Trinajstić information content (AvgIpc) is 2.29. The summed E-state index contributed by atoms with van der Waals surface area (Å²) in [4.78, 5) is 11.2. The lowest BCUT2D eigenvalue weighted by Crippen LogP contribution is -2.24. The first-order valence-corrected chi connectivity index (χ1v) is 5.50. The minimum atomic E-state index is -0.431. The normalized spacial score (nSPS) is 11.0. The van der Waals surface area contributed by atoms with Gasteiger partial charge in [-0.3, -0.25) is 0 Å². The van der Waals surface area contributed by atoms with Crippen LogP contribution in [0.1, 0.15) is 32.8 Å². The molecule has 1 aromatic rings. The Morgan fingerprint density at radius 1 is 1.38 bits per heavy atom. The summed E-state index contributed by atoms with van der Waals surface area (Å²) in [7, 11) is 1.55. The number of amides is 1. The second-order valence-corrected chi connectivity index (χ2v) is 4.37. The Balaban J connectivity index is 3.05. The molecule has 1 N–H and O–H groups in total. The molecule has 3 nitrogen and oxygen atoms in total. The Morgan fingerprint density at radius 2 is 2.00 bits per heavy atom. The molecule has 0 radical (unpaired) electrons. The number of benzene rings is 1. The van der Waals surface area contributed by atoms with Gasteiger partial charge in [0.15, 0.2) is 0 Å². The van der Waals surface area contributed by atoms with Crippen molar-refractivity contribution in [3.8, 4) is 5.75 Å². The van der Waals surface area contributed by atoms with E-state index in [1.165, 1.54) is 0 Å². The van der Waals surface area contributed by atoms with E-state index < -0.39 is 6.09 Å². The monoisotopic (exact) mass is 221 g/mol. The molecule has 0 aromatic heterocycles. The number of hydrogen-bond donors (Lipinski definition) is 1. The van der Waals surface area contributed by atoms with Gasteiger partial charge in [-0.05, 0) is 17.9 Å². The largest absolute Gasteiger partial charge is 0.412 e. The van der Waals surface area contributed by atoms with Crippen molar-refractivity contribution in [2.45, 2.75) is 32.6 Å². The number of rotatable bonds is 3. The highest BCUT2D eigenvalue weighted by Gasteiger charge is 2.22. The Morgan fingerprint density at radius 3 is 2.56 bits per heavy atom. The Labute approximate surface area is 96.8 Å². The van der Waals surface area contributed by atoms with Crippen molar-refractivity contribution >= 4 is 6.09 Å². The van der Waals surface area contributed by atoms with Crippen molar-refractivity contribution in [3.63, 3.8) is 0 Å². The molecule has 0 saturated carbocycles. The fraction of sp³-hybridized carbons (Fsp3) is 0.462. The zero-order valence-corrected chi connectivity index (χ0v) is 10.3. The van der Waals surface area contributed by atoms with Gasteiger partial charge in [0.1, 0.15) is 5.75 Å². The summed E-state index contributed by atoms with van der Waals surface area (Å²) in [5, 5.41) is 2.45. The van der Waals surface area contributed by atoms with Crippen molar-refractivity contribution in [2.75, 3.05) is 7.05 Å². The summed E-state index contributed by atoms with van der Waals surface area (Å²) < 4.78 is 5.23. The van der Waals surface area contributed by atoms with Crippen LogP contribution in [0.25, 0.3) is 0 Å². The van der Waals surface area contributed by atoms with Gasteiger partial charge >= 0.3 is 6.09 Å². The molecular formula is C13H19NO2. The quantitative estimate of drug-likeness (QED) is 0.851. The van der Waals surface area contributed by atoms with E-state index in [0.717, 1.165) is 12.0 Å². The summed E-state index contributed by atoms with van der Waals surface area (Å²) in [6.07, 6.45) is 0.556. The Bertz CT molecular complexity index is 372. The fourth-order valence-corrected chi connectivity index (χ4v) is 1.46. The lowest BCUT2D eigenvalue weighted by Gasteiger charge is -2.25. The van der Waals surface area contributed by atoms with Crippen molar-refractivity contribution in [1.29, 1.82) is 0 Å². The number of nitrogens with one attached hydrogen (secondary N) is 1. The van der Waals surface area contributed by atoms with Gasteiger partial charge in [0.2, 0.25) is 0 Å². The molecule has 1 amide bonds. The number of carbonyl (C=O) groups is 1. The molecule has 0 saturated heterocycles. The molecule has 1 rings (SSSR count). The second kappa shape index (κ2) is 5.01. The zero-order chi connectivity index (χ0) is 12.2. The standard InChI is InChI=1S/C13H19NO2/c1-5-13(2,3)10-8-6-7-9-11(10)16-12(15)14-4/h6-9H,5H2,1-4H3,(H,14,15). The Hall–Kier alpha value is -1.51. The van der Waals surface area contributed by atoms with Crippen LogP contribution < -0.4 is 10.1 Å². The molecule has 1 aromatic carbocycles. The molecule has 0 aliphatic heterocycles. The highest BCUT2D eigenvalue weighted by Crippen LogP contribution is 2.33. The maximum atomic E-state index is 11.2. The number of carbonyl (C=O) groups excluding carboxylic acids is 1. The predicted molar refractivity (Wildman–Crippen MR) is 64.8 cm³/mol. The molecule has 0 atom stereocenters. The molecule has 0 heterocycles. The third-order valence-corrected chi connectivity index (χ3v) is 2.91. The minimum Gasteiger partial charge on any atom is -0.410 e. The Kier molecular flexibility index (Phi) is 3.93. The van der Waals surface area contributed by atoms with Crippen molar-refractivity contribution in [3.05, 3.63) is 29.8 Å². The van der Waals surface area contributed by atoms with Crippen LogP contribution in [0.3, 0.4) is 0 Å². The molecule has 16 heavy (non-hydrogen) atoms. The third kappa shape index (κ3) is 2.75. The van der Waals surface area contributed by atoms with E-state index in [2.05, 4.69) is 26.1 Å². The summed E-state index contributed by atoms with van der Waals surface area (Å²) in [6, 6.07) is 7.65. The molecule has 0 unspecified atom stereocenters. The molecule has 0 aliphatic carbocycles. The first-order chi connectivity index (χ1) is 7.51. The maximum absolute atomic E-state index is 11.2. The molecule has 88 valence electrons. The minimum absolute atomic E-state index is 0.00458. The molecule has 0 aliphatic rings. The van der Waals surface area contributed by atoms with Crippen molar-refractivity contribution in [1.82, 2.24) is 5.32 Å². The molecule has 0 spiro atoms. The number of hydrogen-bond acceptors (Lipinski definition) is 2. The van der Waals surface area contributed by atoms with Gasteiger partial charge in [0.25, 0.3) is 0 Å². The lowest BCUT2D eigenvalue weighted by atomic mass is 9.82. The van der Waals surface area contributed by atoms with Crippen LogP contribution in [-0.2, 0) is 5.41 Å². The molecule has 3 heteroatoms. The number of para-hydroxylation sites is 1. The molecule has 0 fully saturated rings. The van der Waals surface area contributed by atoms with Gasteiger partial charge in [-0.1, -0.05) is 39.0 Å². The van der Waals surface area contributed by atoms with Crippen molar-refractivity contribution < 1.29 is 9.53 Å². The van der Waals surface area contributed by atoms with E-state index in [4.69, 9.17) is 4.74 Å².